The minimum atomic E-state index is 0.467. The smallest absolute Gasteiger partial charge is 0.232 e. The highest BCUT2D eigenvalue weighted by atomic mass is 16.5. The number of carbonyl (C=O) groups is 1. The standard InChI is InChI=1S/C11H16N4O3/c1-17-9-7-10(18-2)13-11(12-9)15-5-3-14(8-16)4-6-15/h7-8H,3-6H2,1-2H3. The summed E-state index contributed by atoms with van der Waals surface area (Å²) in [6.07, 6.45) is 0.865. The molecule has 1 fully saturated rings. The second-order valence-electron chi connectivity index (χ2n) is 3.88. The lowest BCUT2D eigenvalue weighted by Crippen LogP contribution is -2.46. The van der Waals surface area contributed by atoms with Crippen molar-refractivity contribution in [1.29, 1.82) is 0 Å². The van der Waals surface area contributed by atoms with Gasteiger partial charge in [0.25, 0.3) is 0 Å². The van der Waals surface area contributed by atoms with E-state index in [2.05, 4.69) is 9.97 Å². The van der Waals surface area contributed by atoms with Crippen molar-refractivity contribution >= 4 is 12.4 Å². The Labute approximate surface area is 105 Å². The molecule has 7 nitrogen and oxygen atoms in total. The van der Waals surface area contributed by atoms with Gasteiger partial charge in [-0.3, -0.25) is 4.79 Å². The summed E-state index contributed by atoms with van der Waals surface area (Å²) in [7, 11) is 3.10. The molecular formula is C11H16N4O3. The van der Waals surface area contributed by atoms with E-state index in [1.165, 1.54) is 0 Å². The van der Waals surface area contributed by atoms with Gasteiger partial charge in [-0.1, -0.05) is 0 Å². The number of piperazine rings is 1. The number of carbonyl (C=O) groups excluding carboxylic acids is 1. The summed E-state index contributed by atoms with van der Waals surface area (Å²) in [5.74, 6) is 1.50. The molecule has 18 heavy (non-hydrogen) atoms. The fourth-order valence-corrected chi connectivity index (χ4v) is 1.77. The molecule has 2 heterocycles. The van der Waals surface area contributed by atoms with Gasteiger partial charge in [-0.2, -0.15) is 9.97 Å². The molecule has 1 aliphatic heterocycles. The van der Waals surface area contributed by atoms with Crippen LogP contribution in [0.1, 0.15) is 0 Å². The van der Waals surface area contributed by atoms with Crippen LogP contribution in [0.25, 0.3) is 0 Å². The van der Waals surface area contributed by atoms with Crippen LogP contribution < -0.4 is 14.4 Å². The quantitative estimate of drug-likeness (QED) is 0.690. The van der Waals surface area contributed by atoms with Gasteiger partial charge in [0.2, 0.25) is 24.1 Å². The maximum Gasteiger partial charge on any atom is 0.232 e. The Morgan fingerprint density at radius 1 is 1.11 bits per heavy atom. The van der Waals surface area contributed by atoms with Crippen molar-refractivity contribution in [1.82, 2.24) is 14.9 Å². The van der Waals surface area contributed by atoms with Gasteiger partial charge < -0.3 is 19.3 Å². The van der Waals surface area contributed by atoms with E-state index in [1.54, 1.807) is 25.2 Å². The second-order valence-corrected chi connectivity index (χ2v) is 3.88. The minimum Gasteiger partial charge on any atom is -0.481 e. The van der Waals surface area contributed by atoms with Crippen LogP contribution in [0.3, 0.4) is 0 Å². The number of ether oxygens (including phenoxy) is 2. The number of rotatable bonds is 4. The van der Waals surface area contributed by atoms with E-state index >= 15 is 0 Å². The summed E-state index contributed by atoms with van der Waals surface area (Å²) in [6, 6.07) is 1.63. The molecule has 0 aromatic carbocycles. The average molecular weight is 252 g/mol. The highest BCUT2D eigenvalue weighted by Gasteiger charge is 2.19. The number of amides is 1. The summed E-state index contributed by atoms with van der Waals surface area (Å²) in [5, 5.41) is 0. The Kier molecular flexibility index (Phi) is 3.81. The third kappa shape index (κ3) is 2.61. The van der Waals surface area contributed by atoms with Gasteiger partial charge in [0, 0.05) is 26.2 Å². The first-order valence-electron chi connectivity index (χ1n) is 5.68. The van der Waals surface area contributed by atoms with Gasteiger partial charge in [-0.05, 0) is 0 Å². The molecule has 0 bridgehead atoms. The largest absolute Gasteiger partial charge is 0.481 e. The lowest BCUT2D eigenvalue weighted by atomic mass is 10.3. The van der Waals surface area contributed by atoms with Crippen LogP contribution in [-0.4, -0.2) is 61.7 Å². The molecule has 2 rings (SSSR count). The number of hydrogen-bond acceptors (Lipinski definition) is 6. The predicted octanol–water partition coefficient (Wildman–Crippen LogP) is -0.228. The normalized spacial score (nSPS) is 15.4. The molecule has 98 valence electrons. The summed E-state index contributed by atoms with van der Waals surface area (Å²) in [5.41, 5.74) is 0. The number of hydrogen-bond donors (Lipinski definition) is 0. The number of anilines is 1. The van der Waals surface area contributed by atoms with Crippen LogP contribution in [0.2, 0.25) is 0 Å². The van der Waals surface area contributed by atoms with E-state index < -0.39 is 0 Å². The zero-order valence-electron chi connectivity index (χ0n) is 10.5. The lowest BCUT2D eigenvalue weighted by molar-refractivity contribution is -0.118. The Bertz CT molecular complexity index is 396. The van der Waals surface area contributed by atoms with Crippen LogP contribution >= 0.6 is 0 Å². The molecule has 0 saturated carbocycles. The fourth-order valence-electron chi connectivity index (χ4n) is 1.77. The first-order chi connectivity index (χ1) is 8.76. The Hall–Kier alpha value is -2.05. The van der Waals surface area contributed by atoms with Crippen molar-refractivity contribution in [2.75, 3.05) is 45.3 Å². The second kappa shape index (κ2) is 5.52. The minimum absolute atomic E-state index is 0.467. The van der Waals surface area contributed by atoms with E-state index in [9.17, 15) is 4.79 Å². The number of methoxy groups -OCH3 is 2. The maximum absolute atomic E-state index is 10.6. The van der Waals surface area contributed by atoms with Gasteiger partial charge in [0.05, 0.1) is 20.3 Å². The molecule has 0 N–H and O–H groups in total. The highest BCUT2D eigenvalue weighted by Crippen LogP contribution is 2.20. The van der Waals surface area contributed by atoms with Crippen LogP contribution in [0.5, 0.6) is 11.8 Å². The van der Waals surface area contributed by atoms with Gasteiger partial charge in [-0.15, -0.1) is 0 Å². The van der Waals surface area contributed by atoms with E-state index in [0.717, 1.165) is 6.41 Å². The molecule has 0 atom stereocenters. The zero-order chi connectivity index (χ0) is 13.0. The third-order valence-electron chi connectivity index (χ3n) is 2.83. The van der Waals surface area contributed by atoms with Crippen molar-refractivity contribution in [2.45, 2.75) is 0 Å². The molecule has 1 aromatic heterocycles. The molecule has 1 saturated heterocycles. The number of aromatic nitrogens is 2. The van der Waals surface area contributed by atoms with Gasteiger partial charge >= 0.3 is 0 Å². The molecule has 1 aromatic rings. The number of nitrogens with zero attached hydrogens (tertiary/aromatic N) is 4. The zero-order valence-corrected chi connectivity index (χ0v) is 10.5. The topological polar surface area (TPSA) is 67.8 Å². The van der Waals surface area contributed by atoms with Crippen LogP contribution in [-0.2, 0) is 4.79 Å². The molecule has 0 unspecified atom stereocenters. The predicted molar refractivity (Wildman–Crippen MR) is 65.0 cm³/mol. The van der Waals surface area contributed by atoms with Crippen LogP contribution in [0.15, 0.2) is 6.07 Å². The Morgan fingerprint density at radius 3 is 2.11 bits per heavy atom. The Balaban J connectivity index is 2.15. The SMILES string of the molecule is COc1cc(OC)nc(N2CCN(C=O)CC2)n1. The van der Waals surface area contributed by atoms with Crippen LogP contribution in [0.4, 0.5) is 5.95 Å². The van der Waals surface area contributed by atoms with Gasteiger partial charge in [0.15, 0.2) is 0 Å². The molecule has 1 aliphatic rings. The van der Waals surface area contributed by atoms with Gasteiger partial charge in [-0.25, -0.2) is 0 Å². The third-order valence-corrected chi connectivity index (χ3v) is 2.83. The summed E-state index contributed by atoms with van der Waals surface area (Å²) in [4.78, 5) is 22.9. The van der Waals surface area contributed by atoms with E-state index in [1.807, 2.05) is 4.90 Å². The molecule has 1 amide bonds. The maximum atomic E-state index is 10.6. The van der Waals surface area contributed by atoms with Crippen molar-refractivity contribution in [3.8, 4) is 11.8 Å². The van der Waals surface area contributed by atoms with Crippen molar-refractivity contribution < 1.29 is 14.3 Å². The van der Waals surface area contributed by atoms with Crippen LogP contribution in [0, 0.1) is 0 Å². The lowest BCUT2D eigenvalue weighted by Gasteiger charge is -2.32. The van der Waals surface area contributed by atoms with Crippen molar-refractivity contribution in [3.63, 3.8) is 0 Å². The van der Waals surface area contributed by atoms with Gasteiger partial charge in [0.1, 0.15) is 0 Å². The highest BCUT2D eigenvalue weighted by molar-refractivity contribution is 5.48. The molecular weight excluding hydrogens is 236 g/mol. The Morgan fingerprint density at radius 2 is 1.67 bits per heavy atom. The first-order valence-corrected chi connectivity index (χ1v) is 5.68. The van der Waals surface area contributed by atoms with E-state index in [4.69, 9.17) is 9.47 Å². The molecule has 0 radical (unpaired) electrons. The summed E-state index contributed by atoms with van der Waals surface area (Å²) < 4.78 is 10.2. The summed E-state index contributed by atoms with van der Waals surface area (Å²) in [6.45, 7) is 2.75. The molecule has 0 aliphatic carbocycles. The van der Waals surface area contributed by atoms with Crippen molar-refractivity contribution in [3.05, 3.63) is 6.07 Å². The average Bonchev–Trinajstić information content (AvgIpc) is 2.46. The molecule has 0 spiro atoms. The first kappa shape index (κ1) is 12.4. The molecule has 7 heteroatoms. The monoisotopic (exact) mass is 252 g/mol. The van der Waals surface area contributed by atoms with E-state index in [-0.39, 0.29) is 0 Å². The van der Waals surface area contributed by atoms with Crippen molar-refractivity contribution in [2.24, 2.45) is 0 Å². The van der Waals surface area contributed by atoms with E-state index in [0.29, 0.717) is 43.9 Å². The summed E-state index contributed by atoms with van der Waals surface area (Å²) >= 11 is 0. The fraction of sp³-hybridized carbons (Fsp3) is 0.545.